The molecule has 1 aromatic rings. The van der Waals surface area contributed by atoms with Crippen LogP contribution >= 0.6 is 0 Å². The molecular weight excluding hydrogens is 278 g/mol. The van der Waals surface area contributed by atoms with Crippen molar-refractivity contribution in [3.63, 3.8) is 0 Å². The third-order valence-electron chi connectivity index (χ3n) is 4.30. The number of benzene rings is 1. The Kier molecular flexibility index (Phi) is 5.41. The van der Waals surface area contributed by atoms with Gasteiger partial charge in [-0.3, -0.25) is 4.79 Å². The third kappa shape index (κ3) is 3.40. The van der Waals surface area contributed by atoms with E-state index in [0.717, 1.165) is 24.9 Å². The Morgan fingerprint density at radius 1 is 1.27 bits per heavy atom. The van der Waals surface area contributed by atoms with Gasteiger partial charge in [0.05, 0.1) is 6.04 Å². The van der Waals surface area contributed by atoms with Gasteiger partial charge in [-0.05, 0) is 51.0 Å². The van der Waals surface area contributed by atoms with Crippen molar-refractivity contribution in [1.29, 1.82) is 0 Å². The Labute approximate surface area is 131 Å². The molecule has 0 heterocycles. The van der Waals surface area contributed by atoms with Crippen LogP contribution in [0.2, 0.25) is 0 Å². The molecule has 6 nitrogen and oxygen atoms in total. The normalized spacial score (nSPS) is 20.7. The summed E-state index contributed by atoms with van der Waals surface area (Å²) in [6.07, 6.45) is 3.75. The van der Waals surface area contributed by atoms with E-state index in [4.69, 9.17) is 5.53 Å². The summed E-state index contributed by atoms with van der Waals surface area (Å²) in [5.74, 6) is 0.135. The minimum atomic E-state index is 0.135. The van der Waals surface area contributed by atoms with E-state index in [1.165, 1.54) is 0 Å². The molecule has 2 unspecified atom stereocenters. The maximum Gasteiger partial charge on any atom is 0.227 e. The molecule has 1 aliphatic rings. The maximum atomic E-state index is 12.5. The molecule has 2 rings (SSSR count). The fraction of sp³-hybridized carbons (Fsp3) is 0.562. The molecule has 0 N–H and O–H groups in total. The lowest BCUT2D eigenvalue weighted by molar-refractivity contribution is -0.119. The maximum absolute atomic E-state index is 12.5. The van der Waals surface area contributed by atoms with Crippen molar-refractivity contribution in [3.05, 3.63) is 34.7 Å². The van der Waals surface area contributed by atoms with Gasteiger partial charge in [0.25, 0.3) is 0 Å². The van der Waals surface area contributed by atoms with Gasteiger partial charge in [-0.2, -0.15) is 0 Å². The Morgan fingerprint density at radius 2 is 1.91 bits per heavy atom. The molecule has 0 spiro atoms. The van der Waals surface area contributed by atoms with Crippen LogP contribution in [-0.2, 0) is 4.79 Å². The largest absolute Gasteiger partial charge is 0.308 e. The van der Waals surface area contributed by atoms with Crippen molar-refractivity contribution in [2.45, 2.75) is 44.7 Å². The number of anilines is 1. The predicted molar refractivity (Wildman–Crippen MR) is 88.1 cm³/mol. The summed E-state index contributed by atoms with van der Waals surface area (Å²) in [6.45, 7) is 1.89. The molecule has 2 atom stereocenters. The molecule has 0 radical (unpaired) electrons. The van der Waals surface area contributed by atoms with Crippen LogP contribution < -0.4 is 4.90 Å². The summed E-state index contributed by atoms with van der Waals surface area (Å²) < 4.78 is 0. The van der Waals surface area contributed by atoms with Crippen LogP contribution in [0, 0.1) is 0 Å². The molecule has 1 fully saturated rings. The van der Waals surface area contributed by atoms with E-state index in [1.807, 2.05) is 24.0 Å². The SMILES string of the molecule is CCC(=O)N(c1ccc(N=[N+]=[N-])cc1)C1CCCC1N(C)C. The van der Waals surface area contributed by atoms with E-state index in [1.54, 1.807) is 12.1 Å². The third-order valence-corrected chi connectivity index (χ3v) is 4.30. The summed E-state index contributed by atoms with van der Waals surface area (Å²) in [4.78, 5) is 19.4. The summed E-state index contributed by atoms with van der Waals surface area (Å²) >= 11 is 0. The molecule has 118 valence electrons. The molecule has 0 saturated heterocycles. The van der Waals surface area contributed by atoms with E-state index in [2.05, 4.69) is 29.0 Å². The topological polar surface area (TPSA) is 72.3 Å². The van der Waals surface area contributed by atoms with Gasteiger partial charge in [0.2, 0.25) is 5.91 Å². The Bertz CT molecular complexity index is 562. The molecule has 0 bridgehead atoms. The molecule has 0 aliphatic heterocycles. The molecule has 22 heavy (non-hydrogen) atoms. The lowest BCUT2D eigenvalue weighted by Gasteiger charge is -2.36. The van der Waals surface area contributed by atoms with Gasteiger partial charge in [-0.25, -0.2) is 0 Å². The first kappa shape index (κ1) is 16.3. The molecule has 1 saturated carbocycles. The van der Waals surface area contributed by atoms with Crippen LogP contribution in [0.25, 0.3) is 10.4 Å². The van der Waals surface area contributed by atoms with Crippen molar-refractivity contribution in [3.8, 4) is 0 Å². The number of carbonyl (C=O) groups is 1. The zero-order chi connectivity index (χ0) is 16.1. The molecule has 0 aromatic heterocycles. The standard InChI is InChI=1S/C16H23N5O/c1-4-16(22)21(15-7-5-6-14(15)20(2)3)13-10-8-12(9-11-13)18-19-17/h8-11,14-15H,4-7H2,1-3H3. The highest BCUT2D eigenvalue weighted by Gasteiger charge is 2.36. The minimum Gasteiger partial charge on any atom is -0.308 e. The number of hydrogen-bond donors (Lipinski definition) is 0. The van der Waals surface area contributed by atoms with E-state index >= 15 is 0 Å². The number of azide groups is 1. The van der Waals surface area contributed by atoms with Crippen LogP contribution in [0.1, 0.15) is 32.6 Å². The fourth-order valence-corrected chi connectivity index (χ4v) is 3.25. The molecule has 6 heteroatoms. The summed E-state index contributed by atoms with van der Waals surface area (Å²) in [7, 11) is 4.14. The average molecular weight is 301 g/mol. The highest BCUT2D eigenvalue weighted by Crippen LogP contribution is 2.32. The van der Waals surface area contributed by atoms with Crippen LogP contribution in [0.3, 0.4) is 0 Å². The fourth-order valence-electron chi connectivity index (χ4n) is 3.25. The number of nitrogens with zero attached hydrogens (tertiary/aromatic N) is 5. The quantitative estimate of drug-likeness (QED) is 0.470. The highest BCUT2D eigenvalue weighted by atomic mass is 16.2. The van der Waals surface area contributed by atoms with Crippen molar-refractivity contribution >= 4 is 17.3 Å². The van der Waals surface area contributed by atoms with Gasteiger partial charge in [0.15, 0.2) is 0 Å². The van der Waals surface area contributed by atoms with Crippen molar-refractivity contribution in [2.75, 3.05) is 19.0 Å². The Morgan fingerprint density at radius 3 is 2.45 bits per heavy atom. The van der Waals surface area contributed by atoms with Crippen LogP contribution in [0.5, 0.6) is 0 Å². The number of carbonyl (C=O) groups excluding carboxylic acids is 1. The van der Waals surface area contributed by atoms with Gasteiger partial charge in [-0.15, -0.1) is 0 Å². The van der Waals surface area contributed by atoms with E-state index in [9.17, 15) is 4.79 Å². The molecule has 1 aliphatic carbocycles. The minimum absolute atomic E-state index is 0.135. The average Bonchev–Trinajstić information content (AvgIpc) is 2.98. The van der Waals surface area contributed by atoms with Gasteiger partial charge < -0.3 is 9.80 Å². The van der Waals surface area contributed by atoms with Gasteiger partial charge in [-0.1, -0.05) is 24.2 Å². The number of hydrogen-bond acceptors (Lipinski definition) is 3. The smallest absolute Gasteiger partial charge is 0.227 e. The number of rotatable bonds is 5. The van der Waals surface area contributed by atoms with Gasteiger partial charge in [0.1, 0.15) is 0 Å². The van der Waals surface area contributed by atoms with E-state index < -0.39 is 0 Å². The van der Waals surface area contributed by atoms with Crippen LogP contribution in [0.4, 0.5) is 11.4 Å². The summed E-state index contributed by atoms with van der Waals surface area (Å²) in [5.41, 5.74) is 9.92. The molecule has 1 amide bonds. The Hall–Kier alpha value is -2.04. The summed E-state index contributed by atoms with van der Waals surface area (Å²) in [5, 5.41) is 3.58. The molecule has 1 aromatic carbocycles. The van der Waals surface area contributed by atoms with Crippen LogP contribution in [0.15, 0.2) is 29.4 Å². The second kappa shape index (κ2) is 7.29. The molecular formula is C16H23N5O. The van der Waals surface area contributed by atoms with Crippen LogP contribution in [-0.4, -0.2) is 37.0 Å². The number of likely N-dealkylation sites (N-methyl/N-ethyl adjacent to an activating group) is 1. The second-order valence-electron chi connectivity index (χ2n) is 5.85. The second-order valence-corrected chi connectivity index (χ2v) is 5.85. The first-order valence-electron chi connectivity index (χ1n) is 7.72. The van der Waals surface area contributed by atoms with E-state index in [0.29, 0.717) is 18.2 Å². The highest BCUT2D eigenvalue weighted by molar-refractivity contribution is 5.94. The number of amides is 1. The Balaban J connectivity index is 2.33. The lowest BCUT2D eigenvalue weighted by atomic mass is 10.1. The zero-order valence-corrected chi connectivity index (χ0v) is 13.4. The first-order valence-corrected chi connectivity index (χ1v) is 7.72. The zero-order valence-electron chi connectivity index (χ0n) is 13.4. The summed E-state index contributed by atoms with van der Waals surface area (Å²) in [6, 6.07) is 7.82. The lowest BCUT2D eigenvalue weighted by Crippen LogP contribution is -2.49. The van der Waals surface area contributed by atoms with Crippen molar-refractivity contribution in [2.24, 2.45) is 5.11 Å². The van der Waals surface area contributed by atoms with Gasteiger partial charge >= 0.3 is 0 Å². The first-order chi connectivity index (χ1) is 10.6. The predicted octanol–water partition coefficient (Wildman–Crippen LogP) is 3.85. The van der Waals surface area contributed by atoms with Crippen molar-refractivity contribution < 1.29 is 4.79 Å². The van der Waals surface area contributed by atoms with Crippen molar-refractivity contribution in [1.82, 2.24) is 4.90 Å². The van der Waals surface area contributed by atoms with E-state index in [-0.39, 0.29) is 11.9 Å². The monoisotopic (exact) mass is 301 g/mol. The van der Waals surface area contributed by atoms with Gasteiger partial charge in [0, 0.05) is 28.7 Å².